The third-order valence-corrected chi connectivity index (χ3v) is 2.28. The molecule has 1 fully saturated rings. The second-order valence-corrected chi connectivity index (χ2v) is 3.34. The number of rotatable bonds is 1. The van der Waals surface area contributed by atoms with Gasteiger partial charge in [-0.05, 0) is 23.3 Å². The van der Waals surface area contributed by atoms with E-state index in [1.54, 1.807) is 11.7 Å². The van der Waals surface area contributed by atoms with Crippen LogP contribution in [0.25, 0.3) is 0 Å². The molecule has 0 spiro atoms. The molecule has 0 radical (unpaired) electrons. The van der Waals surface area contributed by atoms with Gasteiger partial charge in [-0.25, -0.2) is 4.68 Å². The predicted octanol–water partition coefficient (Wildman–Crippen LogP) is -0.829. The number of hydrogen-bond acceptors (Lipinski definition) is 5. The van der Waals surface area contributed by atoms with Crippen molar-refractivity contribution in [3.05, 3.63) is 0 Å². The standard InChI is InChI=1S/C7H13N5O/c1-11-7(8-9-10-11)12-4-2-3-6(13)5-12/h6,13H,2-5H2,1H3/t6-/m0/s1. The van der Waals surface area contributed by atoms with E-state index in [1.165, 1.54) is 0 Å². The molecular weight excluding hydrogens is 170 g/mol. The molecule has 1 N–H and O–H groups in total. The fraction of sp³-hybridized carbons (Fsp3) is 0.857. The van der Waals surface area contributed by atoms with Crippen molar-refractivity contribution in [2.75, 3.05) is 18.0 Å². The van der Waals surface area contributed by atoms with Gasteiger partial charge in [-0.3, -0.25) is 0 Å². The topological polar surface area (TPSA) is 67.1 Å². The molecule has 0 aliphatic carbocycles. The Morgan fingerprint density at radius 2 is 2.38 bits per heavy atom. The third-order valence-electron chi connectivity index (χ3n) is 2.28. The molecule has 13 heavy (non-hydrogen) atoms. The van der Waals surface area contributed by atoms with E-state index >= 15 is 0 Å². The summed E-state index contributed by atoms with van der Waals surface area (Å²) in [4.78, 5) is 2.01. The smallest absolute Gasteiger partial charge is 0.245 e. The molecule has 0 unspecified atom stereocenters. The third kappa shape index (κ3) is 1.62. The van der Waals surface area contributed by atoms with Crippen LogP contribution in [0, 0.1) is 0 Å². The Bertz CT molecular complexity index is 286. The molecule has 0 bridgehead atoms. The lowest BCUT2D eigenvalue weighted by Crippen LogP contribution is -2.39. The summed E-state index contributed by atoms with van der Waals surface area (Å²) in [6, 6.07) is 0. The van der Waals surface area contributed by atoms with E-state index in [2.05, 4.69) is 15.5 Å². The fourth-order valence-electron chi connectivity index (χ4n) is 1.63. The minimum absolute atomic E-state index is 0.245. The molecule has 1 aliphatic heterocycles. The predicted molar refractivity (Wildman–Crippen MR) is 46.3 cm³/mol. The highest BCUT2D eigenvalue weighted by Gasteiger charge is 2.21. The zero-order chi connectivity index (χ0) is 9.26. The van der Waals surface area contributed by atoms with Gasteiger partial charge in [0.2, 0.25) is 5.95 Å². The number of aromatic nitrogens is 4. The largest absolute Gasteiger partial charge is 0.391 e. The number of β-amino-alcohol motifs (C(OH)–C–C–N with tert-alkyl or cyclic N) is 1. The van der Waals surface area contributed by atoms with Crippen LogP contribution in [0.2, 0.25) is 0 Å². The van der Waals surface area contributed by atoms with Crippen LogP contribution in [0.4, 0.5) is 5.95 Å². The summed E-state index contributed by atoms with van der Waals surface area (Å²) >= 11 is 0. The van der Waals surface area contributed by atoms with Crippen LogP contribution in [0.3, 0.4) is 0 Å². The van der Waals surface area contributed by atoms with Gasteiger partial charge in [0.1, 0.15) is 0 Å². The molecular formula is C7H13N5O. The summed E-state index contributed by atoms with van der Waals surface area (Å²) < 4.78 is 1.62. The average Bonchev–Trinajstić information content (AvgIpc) is 2.51. The zero-order valence-electron chi connectivity index (χ0n) is 7.59. The Balaban J connectivity index is 2.12. The van der Waals surface area contributed by atoms with E-state index in [9.17, 15) is 5.11 Å². The van der Waals surface area contributed by atoms with Gasteiger partial charge in [0, 0.05) is 20.1 Å². The van der Waals surface area contributed by atoms with Gasteiger partial charge in [-0.2, -0.15) is 0 Å². The number of hydrogen-bond donors (Lipinski definition) is 1. The van der Waals surface area contributed by atoms with Crippen LogP contribution < -0.4 is 4.90 Å². The second kappa shape index (κ2) is 3.29. The van der Waals surface area contributed by atoms with E-state index in [4.69, 9.17) is 0 Å². The Labute approximate surface area is 76.2 Å². The van der Waals surface area contributed by atoms with Crippen molar-refractivity contribution in [1.82, 2.24) is 20.2 Å². The minimum atomic E-state index is -0.245. The first kappa shape index (κ1) is 8.43. The number of anilines is 1. The Morgan fingerprint density at radius 3 is 3.00 bits per heavy atom. The summed E-state index contributed by atoms with van der Waals surface area (Å²) in [6.45, 7) is 1.56. The molecule has 1 saturated heterocycles. The van der Waals surface area contributed by atoms with Gasteiger partial charge in [0.05, 0.1) is 6.10 Å². The summed E-state index contributed by atoms with van der Waals surface area (Å²) in [5.74, 6) is 0.735. The lowest BCUT2D eigenvalue weighted by atomic mass is 10.1. The number of aryl methyl sites for hydroxylation is 1. The van der Waals surface area contributed by atoms with E-state index in [1.807, 2.05) is 4.90 Å². The van der Waals surface area contributed by atoms with Crippen LogP contribution in [-0.2, 0) is 7.05 Å². The van der Waals surface area contributed by atoms with Crippen molar-refractivity contribution in [3.63, 3.8) is 0 Å². The fourth-order valence-corrected chi connectivity index (χ4v) is 1.63. The Morgan fingerprint density at radius 1 is 1.54 bits per heavy atom. The second-order valence-electron chi connectivity index (χ2n) is 3.34. The van der Waals surface area contributed by atoms with Gasteiger partial charge in [-0.15, -0.1) is 0 Å². The molecule has 2 rings (SSSR count). The molecule has 1 aromatic heterocycles. The van der Waals surface area contributed by atoms with Gasteiger partial charge in [-0.1, -0.05) is 5.10 Å². The molecule has 6 heteroatoms. The number of aliphatic hydroxyl groups is 1. The van der Waals surface area contributed by atoms with Gasteiger partial charge < -0.3 is 10.0 Å². The van der Waals surface area contributed by atoms with Crippen LogP contribution in [-0.4, -0.2) is 44.5 Å². The number of nitrogens with zero attached hydrogens (tertiary/aromatic N) is 5. The van der Waals surface area contributed by atoms with Gasteiger partial charge >= 0.3 is 0 Å². The van der Waals surface area contributed by atoms with Crippen LogP contribution in [0.15, 0.2) is 0 Å². The summed E-state index contributed by atoms with van der Waals surface area (Å²) in [5, 5.41) is 20.7. The van der Waals surface area contributed by atoms with Crippen LogP contribution >= 0.6 is 0 Å². The summed E-state index contributed by atoms with van der Waals surface area (Å²) in [7, 11) is 1.80. The molecule has 1 aromatic rings. The highest BCUT2D eigenvalue weighted by Crippen LogP contribution is 2.15. The Kier molecular flexibility index (Phi) is 2.13. The molecule has 1 atom stereocenters. The Hall–Kier alpha value is -1.17. The first-order valence-electron chi connectivity index (χ1n) is 4.43. The highest BCUT2D eigenvalue weighted by atomic mass is 16.3. The van der Waals surface area contributed by atoms with Crippen molar-refractivity contribution in [1.29, 1.82) is 0 Å². The van der Waals surface area contributed by atoms with E-state index in [-0.39, 0.29) is 6.10 Å². The van der Waals surface area contributed by atoms with E-state index in [0.29, 0.717) is 6.54 Å². The van der Waals surface area contributed by atoms with Crippen molar-refractivity contribution in [2.24, 2.45) is 7.05 Å². The number of tetrazole rings is 1. The number of aliphatic hydroxyl groups excluding tert-OH is 1. The average molecular weight is 183 g/mol. The molecule has 6 nitrogen and oxygen atoms in total. The van der Waals surface area contributed by atoms with Crippen molar-refractivity contribution in [2.45, 2.75) is 18.9 Å². The first-order valence-corrected chi connectivity index (χ1v) is 4.43. The number of piperidine rings is 1. The quantitative estimate of drug-likeness (QED) is 0.615. The van der Waals surface area contributed by atoms with E-state index in [0.717, 1.165) is 25.3 Å². The van der Waals surface area contributed by atoms with E-state index < -0.39 is 0 Å². The molecule has 2 heterocycles. The first-order chi connectivity index (χ1) is 6.27. The molecule has 0 aromatic carbocycles. The monoisotopic (exact) mass is 183 g/mol. The van der Waals surface area contributed by atoms with Crippen molar-refractivity contribution in [3.8, 4) is 0 Å². The minimum Gasteiger partial charge on any atom is -0.391 e. The van der Waals surface area contributed by atoms with Crippen LogP contribution in [0.1, 0.15) is 12.8 Å². The zero-order valence-corrected chi connectivity index (χ0v) is 7.59. The van der Waals surface area contributed by atoms with Crippen molar-refractivity contribution >= 4 is 5.95 Å². The molecule has 0 amide bonds. The molecule has 1 aliphatic rings. The summed E-state index contributed by atoms with van der Waals surface area (Å²) in [5.41, 5.74) is 0. The van der Waals surface area contributed by atoms with Crippen LogP contribution in [0.5, 0.6) is 0 Å². The van der Waals surface area contributed by atoms with Gasteiger partial charge in [0.25, 0.3) is 0 Å². The maximum absolute atomic E-state index is 9.45. The summed E-state index contributed by atoms with van der Waals surface area (Å²) in [6.07, 6.45) is 1.63. The lowest BCUT2D eigenvalue weighted by Gasteiger charge is -2.29. The normalized spacial score (nSPS) is 23.5. The van der Waals surface area contributed by atoms with Crippen molar-refractivity contribution < 1.29 is 5.11 Å². The SMILES string of the molecule is Cn1nnnc1N1CCC[C@H](O)C1. The maximum Gasteiger partial charge on any atom is 0.245 e. The lowest BCUT2D eigenvalue weighted by molar-refractivity contribution is 0.153. The maximum atomic E-state index is 9.45. The molecule has 72 valence electrons. The molecule has 0 saturated carbocycles. The van der Waals surface area contributed by atoms with Gasteiger partial charge in [0.15, 0.2) is 0 Å². The highest BCUT2D eigenvalue weighted by molar-refractivity contribution is 5.28.